The monoisotopic (exact) mass is 810 g/mol. The number of carboxylic acid groups (broad SMARTS) is 1. The minimum atomic E-state index is -4.73. The van der Waals surface area contributed by atoms with Gasteiger partial charge in [-0.3, -0.25) is 23.4 Å². The second-order valence-corrected chi connectivity index (χ2v) is 15.6. The lowest BCUT2D eigenvalue weighted by molar-refractivity contribution is -0.161. The van der Waals surface area contributed by atoms with Crippen molar-refractivity contribution in [1.29, 1.82) is 0 Å². The Balaban J connectivity index is 4.48. The van der Waals surface area contributed by atoms with Gasteiger partial charge in [0.1, 0.15) is 12.6 Å². The van der Waals surface area contributed by atoms with Crippen molar-refractivity contribution in [3.05, 3.63) is 60.8 Å². The highest BCUT2D eigenvalue weighted by Gasteiger charge is 2.28. The molecule has 0 amide bonds. The number of rotatable bonds is 39. The highest BCUT2D eigenvalue weighted by molar-refractivity contribution is 7.47. The van der Waals surface area contributed by atoms with Crippen LogP contribution in [0.4, 0.5) is 0 Å². The van der Waals surface area contributed by atoms with Crippen LogP contribution in [0.15, 0.2) is 60.8 Å². The number of hydrogen-bond donors (Lipinski definition) is 3. The van der Waals surface area contributed by atoms with E-state index in [4.69, 9.17) is 24.8 Å². The largest absolute Gasteiger partial charge is 0.480 e. The average molecular weight is 810 g/mol. The van der Waals surface area contributed by atoms with Gasteiger partial charge in [-0.1, -0.05) is 164 Å². The van der Waals surface area contributed by atoms with Crippen LogP contribution in [0.1, 0.15) is 168 Å². The van der Waals surface area contributed by atoms with Crippen LogP contribution in [-0.2, 0) is 37.5 Å². The van der Waals surface area contributed by atoms with Crippen LogP contribution in [-0.4, -0.2) is 59.9 Å². The molecular formula is C44H76NO10P. The third-order valence-electron chi connectivity index (χ3n) is 8.78. The average Bonchev–Trinajstić information content (AvgIpc) is 3.17. The zero-order valence-corrected chi connectivity index (χ0v) is 35.6. The lowest BCUT2D eigenvalue weighted by Crippen LogP contribution is -2.34. The van der Waals surface area contributed by atoms with Crippen molar-refractivity contribution in [2.24, 2.45) is 5.73 Å². The molecule has 12 heteroatoms. The van der Waals surface area contributed by atoms with Crippen molar-refractivity contribution in [3.8, 4) is 0 Å². The van der Waals surface area contributed by atoms with Crippen molar-refractivity contribution >= 4 is 25.7 Å². The molecule has 3 unspecified atom stereocenters. The van der Waals surface area contributed by atoms with Gasteiger partial charge < -0.3 is 25.2 Å². The lowest BCUT2D eigenvalue weighted by Gasteiger charge is -2.20. The molecule has 0 fully saturated rings. The second kappa shape index (κ2) is 39.0. The van der Waals surface area contributed by atoms with Crippen LogP contribution in [0.2, 0.25) is 0 Å². The number of unbranched alkanes of at least 4 members (excludes halogenated alkanes) is 15. The van der Waals surface area contributed by atoms with E-state index in [1.807, 2.05) is 12.2 Å². The van der Waals surface area contributed by atoms with Gasteiger partial charge in [-0.2, -0.15) is 0 Å². The molecular weight excluding hydrogens is 733 g/mol. The number of esters is 2. The van der Waals surface area contributed by atoms with Crippen molar-refractivity contribution in [2.45, 2.75) is 180 Å². The van der Waals surface area contributed by atoms with E-state index in [0.717, 1.165) is 51.4 Å². The van der Waals surface area contributed by atoms with E-state index in [1.54, 1.807) is 0 Å². The molecule has 0 bridgehead atoms. The number of allylic oxidation sites excluding steroid dienone is 10. The van der Waals surface area contributed by atoms with Crippen LogP contribution in [0.3, 0.4) is 0 Å². The van der Waals surface area contributed by atoms with E-state index < -0.39 is 51.1 Å². The minimum absolute atomic E-state index is 0.0820. The van der Waals surface area contributed by atoms with E-state index in [0.29, 0.717) is 19.3 Å². The van der Waals surface area contributed by atoms with Crippen LogP contribution in [0.25, 0.3) is 0 Å². The maximum Gasteiger partial charge on any atom is 0.472 e. The van der Waals surface area contributed by atoms with Gasteiger partial charge in [0.05, 0.1) is 13.2 Å². The summed E-state index contributed by atoms with van der Waals surface area (Å²) in [4.78, 5) is 45.9. The zero-order valence-electron chi connectivity index (χ0n) is 34.7. The Morgan fingerprint density at radius 1 is 0.571 bits per heavy atom. The maximum absolute atomic E-state index is 12.6. The summed E-state index contributed by atoms with van der Waals surface area (Å²) in [7, 11) is -4.73. The molecule has 0 rings (SSSR count). The summed E-state index contributed by atoms with van der Waals surface area (Å²) in [6, 6.07) is -1.53. The summed E-state index contributed by atoms with van der Waals surface area (Å²) in [6.45, 7) is 2.63. The highest BCUT2D eigenvalue weighted by Crippen LogP contribution is 2.43. The number of carboxylic acids is 1. The summed E-state index contributed by atoms with van der Waals surface area (Å²) in [5, 5.41) is 8.88. The standard InChI is InChI=1S/C44H76NO10P/c1-3-5-7-9-11-13-15-17-19-20-22-24-26-28-30-32-34-36-43(47)55-40(38-53-56(50,51)54-39-41(45)44(48)49)37-52-42(46)35-33-31-29-27-25-23-21-18-16-14-12-10-8-6-4-2/h5,7,11,13,17,19,22,24,28,30,40-41H,3-4,6,8-10,12,14-16,18,20-21,23,25-27,29,31-39,45H2,1-2H3,(H,48,49)(H,50,51). The summed E-state index contributed by atoms with van der Waals surface area (Å²) in [6.07, 6.45) is 44.4. The van der Waals surface area contributed by atoms with Crippen molar-refractivity contribution in [1.82, 2.24) is 0 Å². The van der Waals surface area contributed by atoms with Gasteiger partial charge in [-0.25, -0.2) is 4.57 Å². The Kier molecular flexibility index (Phi) is 37.1. The molecule has 0 aliphatic rings. The number of carbonyl (C=O) groups is 3. The fraction of sp³-hybridized carbons (Fsp3) is 0.705. The Morgan fingerprint density at radius 2 is 1.00 bits per heavy atom. The summed E-state index contributed by atoms with van der Waals surface area (Å²) >= 11 is 0. The SMILES string of the molecule is CCC=CCC=CCC=CCC=CCC=CCCCC(=O)OC(COC(=O)CCCCCCCCCCCCCCCCC)COP(=O)(O)OCC(N)C(=O)O. The van der Waals surface area contributed by atoms with Crippen molar-refractivity contribution in [2.75, 3.05) is 19.8 Å². The fourth-order valence-corrected chi connectivity index (χ4v) is 6.23. The molecule has 322 valence electrons. The fourth-order valence-electron chi connectivity index (χ4n) is 5.45. The second-order valence-electron chi connectivity index (χ2n) is 14.1. The van der Waals surface area contributed by atoms with Gasteiger partial charge in [-0.05, 0) is 51.4 Å². The van der Waals surface area contributed by atoms with E-state index in [9.17, 15) is 23.8 Å². The first-order valence-corrected chi connectivity index (χ1v) is 22.8. The summed E-state index contributed by atoms with van der Waals surface area (Å²) < 4.78 is 32.6. The molecule has 0 aliphatic carbocycles. The molecule has 0 saturated carbocycles. The van der Waals surface area contributed by atoms with Crippen LogP contribution in [0, 0.1) is 0 Å². The molecule has 0 heterocycles. The van der Waals surface area contributed by atoms with Gasteiger partial charge in [0, 0.05) is 12.8 Å². The smallest absolute Gasteiger partial charge is 0.472 e. The van der Waals surface area contributed by atoms with Gasteiger partial charge in [0.2, 0.25) is 0 Å². The van der Waals surface area contributed by atoms with Gasteiger partial charge in [0.25, 0.3) is 0 Å². The molecule has 0 aromatic heterocycles. The summed E-state index contributed by atoms with van der Waals surface area (Å²) in [5.74, 6) is -2.46. The van der Waals surface area contributed by atoms with Crippen LogP contribution < -0.4 is 5.73 Å². The number of ether oxygens (including phenoxy) is 2. The quantitative estimate of drug-likeness (QED) is 0.0233. The first-order chi connectivity index (χ1) is 27.1. The van der Waals surface area contributed by atoms with Gasteiger partial charge in [0.15, 0.2) is 6.10 Å². The van der Waals surface area contributed by atoms with E-state index in [2.05, 4.69) is 67.0 Å². The molecule has 3 atom stereocenters. The van der Waals surface area contributed by atoms with Crippen LogP contribution >= 0.6 is 7.82 Å². The van der Waals surface area contributed by atoms with Crippen molar-refractivity contribution < 1.29 is 47.5 Å². The predicted molar refractivity (Wildman–Crippen MR) is 226 cm³/mol. The molecule has 0 aliphatic heterocycles. The number of phosphoric acid groups is 1. The lowest BCUT2D eigenvalue weighted by atomic mass is 10.0. The molecule has 56 heavy (non-hydrogen) atoms. The normalized spacial score (nSPS) is 14.4. The number of nitrogens with two attached hydrogens (primary N) is 1. The van der Waals surface area contributed by atoms with E-state index >= 15 is 0 Å². The first kappa shape index (κ1) is 53.2. The topological polar surface area (TPSA) is 172 Å². The van der Waals surface area contributed by atoms with Gasteiger partial charge in [-0.15, -0.1) is 0 Å². The van der Waals surface area contributed by atoms with Crippen molar-refractivity contribution in [3.63, 3.8) is 0 Å². The number of hydrogen-bond acceptors (Lipinski definition) is 9. The minimum Gasteiger partial charge on any atom is -0.480 e. The Hall–Kier alpha value is -2.82. The van der Waals surface area contributed by atoms with E-state index in [-0.39, 0.29) is 19.4 Å². The summed E-state index contributed by atoms with van der Waals surface area (Å²) in [5.41, 5.74) is 5.32. The Morgan fingerprint density at radius 3 is 1.48 bits per heavy atom. The molecule has 0 radical (unpaired) electrons. The third kappa shape index (κ3) is 38.1. The zero-order chi connectivity index (χ0) is 41.4. The highest BCUT2D eigenvalue weighted by atomic mass is 31.2. The Labute approximate surface area is 338 Å². The molecule has 4 N–H and O–H groups in total. The van der Waals surface area contributed by atoms with E-state index in [1.165, 1.54) is 70.6 Å². The van der Waals surface area contributed by atoms with Crippen LogP contribution in [0.5, 0.6) is 0 Å². The molecule has 11 nitrogen and oxygen atoms in total. The predicted octanol–water partition coefficient (Wildman–Crippen LogP) is 11.2. The maximum atomic E-state index is 12.6. The Bertz CT molecular complexity index is 1180. The van der Waals surface area contributed by atoms with Gasteiger partial charge >= 0.3 is 25.7 Å². The molecule has 0 aromatic rings. The molecule has 0 spiro atoms. The first-order valence-electron chi connectivity index (χ1n) is 21.3. The number of carbonyl (C=O) groups excluding carboxylic acids is 2. The molecule has 0 saturated heterocycles. The number of phosphoric ester groups is 1. The third-order valence-corrected chi connectivity index (χ3v) is 9.73. The molecule has 0 aromatic carbocycles. The number of aliphatic carboxylic acids is 1.